The van der Waals surface area contributed by atoms with Gasteiger partial charge in [0, 0.05) is 6.54 Å². The summed E-state index contributed by atoms with van der Waals surface area (Å²) in [5, 5.41) is 0. The molecule has 3 nitrogen and oxygen atoms in total. The van der Waals surface area contributed by atoms with Crippen molar-refractivity contribution >= 4 is 5.97 Å². The Bertz CT molecular complexity index is 374. The summed E-state index contributed by atoms with van der Waals surface area (Å²) < 4.78 is 5.65. The van der Waals surface area contributed by atoms with Gasteiger partial charge in [-0.2, -0.15) is 0 Å². The molecule has 1 rings (SSSR count). The minimum atomic E-state index is -0.123. The highest BCUT2D eigenvalue weighted by molar-refractivity contribution is 5.72. The van der Waals surface area contributed by atoms with E-state index in [-0.39, 0.29) is 12.1 Å². The molecule has 0 radical (unpaired) electrons. The van der Waals surface area contributed by atoms with Crippen LogP contribution < -0.4 is 0 Å². The number of carbonyl (C=O) groups is 1. The Balaban J connectivity index is 2.49. The Morgan fingerprint density at radius 1 is 1.15 bits per heavy atom. The Morgan fingerprint density at radius 3 is 2.35 bits per heavy atom. The molecule has 1 aromatic carbocycles. The number of nitrogens with zero attached hydrogens (tertiary/aromatic N) is 1. The molecule has 1 unspecified atom stereocenters. The van der Waals surface area contributed by atoms with Crippen LogP contribution in [0.4, 0.5) is 0 Å². The second kappa shape index (κ2) is 9.54. The maximum absolute atomic E-state index is 12.0. The molecule has 0 heterocycles. The van der Waals surface area contributed by atoms with Crippen LogP contribution in [0.2, 0.25) is 0 Å². The highest BCUT2D eigenvalue weighted by atomic mass is 16.5. The number of rotatable bonds is 9. The maximum Gasteiger partial charge on any atom is 0.310 e. The monoisotopic (exact) mass is 277 g/mol. The van der Waals surface area contributed by atoms with Crippen LogP contribution in [-0.2, 0) is 16.0 Å². The molecule has 0 amide bonds. The zero-order valence-corrected chi connectivity index (χ0v) is 13.0. The Kier molecular flexibility index (Phi) is 7.97. The van der Waals surface area contributed by atoms with E-state index in [1.54, 1.807) is 0 Å². The van der Waals surface area contributed by atoms with Crippen LogP contribution in [0.25, 0.3) is 0 Å². The summed E-state index contributed by atoms with van der Waals surface area (Å²) >= 11 is 0. The highest BCUT2D eigenvalue weighted by Crippen LogP contribution is 2.08. The normalized spacial score (nSPS) is 12.4. The van der Waals surface area contributed by atoms with E-state index < -0.39 is 0 Å². The molecule has 1 atom stereocenters. The first-order valence-electron chi connectivity index (χ1n) is 7.65. The summed E-state index contributed by atoms with van der Waals surface area (Å²) in [5.41, 5.74) is 1.01. The summed E-state index contributed by atoms with van der Waals surface area (Å²) in [6.07, 6.45) is 2.33. The van der Waals surface area contributed by atoms with Crippen LogP contribution in [0.15, 0.2) is 30.3 Å². The zero-order valence-electron chi connectivity index (χ0n) is 13.0. The van der Waals surface area contributed by atoms with Gasteiger partial charge in [-0.1, -0.05) is 57.5 Å². The fourth-order valence-corrected chi connectivity index (χ4v) is 2.27. The first-order valence-corrected chi connectivity index (χ1v) is 7.65. The third-order valence-corrected chi connectivity index (χ3v) is 3.46. The van der Waals surface area contributed by atoms with Crippen LogP contribution in [0.3, 0.4) is 0 Å². The average molecular weight is 277 g/mol. The predicted molar refractivity (Wildman–Crippen MR) is 82.7 cm³/mol. The summed E-state index contributed by atoms with van der Waals surface area (Å²) in [6, 6.07) is 9.76. The van der Waals surface area contributed by atoms with Gasteiger partial charge >= 0.3 is 5.97 Å². The van der Waals surface area contributed by atoms with Crippen LogP contribution in [0, 0.1) is 0 Å². The van der Waals surface area contributed by atoms with Gasteiger partial charge in [0.05, 0.1) is 6.42 Å². The molecule has 0 saturated carbocycles. The Morgan fingerprint density at radius 2 is 1.80 bits per heavy atom. The van der Waals surface area contributed by atoms with E-state index in [0.717, 1.165) is 38.0 Å². The van der Waals surface area contributed by atoms with E-state index in [4.69, 9.17) is 4.74 Å². The lowest BCUT2D eigenvalue weighted by Gasteiger charge is -2.25. The van der Waals surface area contributed by atoms with Gasteiger partial charge in [0.25, 0.3) is 0 Å². The number of hydrogen-bond acceptors (Lipinski definition) is 3. The van der Waals surface area contributed by atoms with Crippen molar-refractivity contribution in [1.29, 1.82) is 0 Å². The van der Waals surface area contributed by atoms with E-state index in [9.17, 15) is 4.79 Å². The Labute approximate surface area is 122 Å². The van der Waals surface area contributed by atoms with Crippen molar-refractivity contribution in [3.63, 3.8) is 0 Å². The molecular weight excluding hydrogens is 250 g/mol. The van der Waals surface area contributed by atoms with E-state index in [0.29, 0.717) is 6.42 Å². The number of carbonyl (C=O) groups excluding carboxylic acids is 1. The number of esters is 1. The molecule has 0 aromatic heterocycles. The fourth-order valence-electron chi connectivity index (χ4n) is 2.27. The largest absolute Gasteiger partial charge is 0.461 e. The molecule has 0 aliphatic heterocycles. The van der Waals surface area contributed by atoms with Gasteiger partial charge in [-0.25, -0.2) is 0 Å². The third-order valence-electron chi connectivity index (χ3n) is 3.46. The molecule has 20 heavy (non-hydrogen) atoms. The third kappa shape index (κ3) is 6.20. The minimum absolute atomic E-state index is 0.0103. The first kappa shape index (κ1) is 16.7. The predicted octanol–water partition coefficient (Wildman–Crippen LogP) is 3.28. The second-order valence-electron chi connectivity index (χ2n) is 5.05. The molecule has 1 aromatic rings. The molecule has 0 bridgehead atoms. The summed E-state index contributed by atoms with van der Waals surface area (Å²) in [5.74, 6) is -0.123. The number of hydrogen-bond donors (Lipinski definition) is 0. The summed E-state index contributed by atoms with van der Waals surface area (Å²) in [4.78, 5) is 14.3. The average Bonchev–Trinajstić information content (AvgIpc) is 2.45. The fraction of sp³-hybridized carbons (Fsp3) is 0.588. The molecule has 0 aliphatic carbocycles. The Hall–Kier alpha value is -1.35. The standard InChI is InChI=1S/C17H27NO2/c1-4-10-16(14-18(5-2)6-3)20-17(19)13-15-11-8-7-9-12-15/h7-9,11-12,16H,4-6,10,13-14H2,1-3H3. The molecule has 3 heteroatoms. The van der Waals surface area contributed by atoms with Crippen molar-refractivity contribution in [1.82, 2.24) is 4.90 Å². The zero-order chi connectivity index (χ0) is 14.8. The van der Waals surface area contributed by atoms with Crippen LogP contribution in [0.1, 0.15) is 39.2 Å². The van der Waals surface area contributed by atoms with Gasteiger partial charge in [-0.05, 0) is 25.1 Å². The van der Waals surface area contributed by atoms with Gasteiger partial charge in [0.1, 0.15) is 6.10 Å². The number of likely N-dealkylation sites (N-methyl/N-ethyl adjacent to an activating group) is 1. The maximum atomic E-state index is 12.0. The van der Waals surface area contributed by atoms with E-state index in [1.165, 1.54) is 0 Å². The topological polar surface area (TPSA) is 29.5 Å². The van der Waals surface area contributed by atoms with Gasteiger partial charge in [0.2, 0.25) is 0 Å². The lowest BCUT2D eigenvalue weighted by molar-refractivity contribution is -0.149. The van der Waals surface area contributed by atoms with Crippen LogP contribution in [-0.4, -0.2) is 36.6 Å². The summed E-state index contributed by atoms with van der Waals surface area (Å²) in [7, 11) is 0. The highest BCUT2D eigenvalue weighted by Gasteiger charge is 2.16. The molecule has 112 valence electrons. The lowest BCUT2D eigenvalue weighted by atomic mass is 10.1. The number of ether oxygens (including phenoxy) is 1. The van der Waals surface area contributed by atoms with Gasteiger partial charge in [0.15, 0.2) is 0 Å². The molecule has 0 N–H and O–H groups in total. The smallest absolute Gasteiger partial charge is 0.310 e. The quantitative estimate of drug-likeness (QED) is 0.649. The molecule has 0 fully saturated rings. The summed E-state index contributed by atoms with van der Waals surface area (Å²) in [6.45, 7) is 9.22. The van der Waals surface area contributed by atoms with Gasteiger partial charge < -0.3 is 9.64 Å². The van der Waals surface area contributed by atoms with E-state index in [2.05, 4.69) is 25.7 Å². The van der Waals surface area contributed by atoms with Crippen molar-refractivity contribution in [3.05, 3.63) is 35.9 Å². The SMILES string of the molecule is CCCC(CN(CC)CC)OC(=O)Cc1ccccc1. The first-order chi connectivity index (χ1) is 9.69. The van der Waals surface area contributed by atoms with Crippen molar-refractivity contribution in [3.8, 4) is 0 Å². The van der Waals surface area contributed by atoms with E-state index >= 15 is 0 Å². The second-order valence-corrected chi connectivity index (χ2v) is 5.05. The molecule has 0 spiro atoms. The van der Waals surface area contributed by atoms with Crippen molar-refractivity contribution in [2.45, 2.75) is 46.1 Å². The van der Waals surface area contributed by atoms with Gasteiger partial charge in [-0.15, -0.1) is 0 Å². The van der Waals surface area contributed by atoms with Crippen molar-refractivity contribution < 1.29 is 9.53 Å². The lowest BCUT2D eigenvalue weighted by Crippen LogP contribution is -2.35. The van der Waals surface area contributed by atoms with Crippen molar-refractivity contribution in [2.75, 3.05) is 19.6 Å². The molecular formula is C17H27NO2. The van der Waals surface area contributed by atoms with E-state index in [1.807, 2.05) is 30.3 Å². The minimum Gasteiger partial charge on any atom is -0.461 e. The van der Waals surface area contributed by atoms with Gasteiger partial charge in [-0.3, -0.25) is 4.79 Å². The molecule has 0 aliphatic rings. The number of benzene rings is 1. The molecule has 0 saturated heterocycles. The van der Waals surface area contributed by atoms with Crippen LogP contribution in [0.5, 0.6) is 0 Å². The van der Waals surface area contributed by atoms with Crippen LogP contribution >= 0.6 is 0 Å². The van der Waals surface area contributed by atoms with Crippen molar-refractivity contribution in [2.24, 2.45) is 0 Å².